The first kappa shape index (κ1) is 95.1. The molecule has 3 N–H and O–H groups in total. The molecule has 6 atom stereocenters. The van der Waals surface area contributed by atoms with Gasteiger partial charge in [0.2, 0.25) is 0 Å². The Morgan fingerprint density at radius 1 is 0.299 bits per heavy atom. The van der Waals surface area contributed by atoms with Crippen LogP contribution in [0.3, 0.4) is 0 Å². The minimum Gasteiger partial charge on any atom is -0.462 e. The summed E-state index contributed by atoms with van der Waals surface area (Å²) in [5.74, 6) is -0.471. The average Bonchev–Trinajstić information content (AvgIpc) is 3.51. The Bertz CT molecular complexity index is 1870. The number of aliphatic hydroxyl groups is 1. The molecule has 0 aliphatic heterocycles. The molecule has 97 heavy (non-hydrogen) atoms. The van der Waals surface area contributed by atoms with Crippen molar-refractivity contribution >= 4 is 39.5 Å². The normalized spacial score (nSPS) is 14.2. The molecular formula is C78H152O17P2. The van der Waals surface area contributed by atoms with E-state index in [0.717, 1.165) is 108 Å². The number of hydrogen-bond donors (Lipinski definition) is 3. The third-order valence-corrected chi connectivity index (χ3v) is 20.5. The molecule has 0 aliphatic rings. The second kappa shape index (κ2) is 69.8. The van der Waals surface area contributed by atoms with Gasteiger partial charge >= 0.3 is 39.5 Å². The van der Waals surface area contributed by atoms with Crippen molar-refractivity contribution in [1.29, 1.82) is 0 Å². The fourth-order valence-corrected chi connectivity index (χ4v) is 13.6. The predicted molar refractivity (Wildman–Crippen MR) is 395 cm³/mol. The third kappa shape index (κ3) is 70.9. The zero-order valence-electron chi connectivity index (χ0n) is 63.4. The van der Waals surface area contributed by atoms with E-state index in [1.807, 2.05) is 0 Å². The monoisotopic (exact) mass is 1420 g/mol. The molecule has 0 radical (unpaired) electrons. The van der Waals surface area contributed by atoms with Crippen molar-refractivity contribution in [3.63, 3.8) is 0 Å². The zero-order chi connectivity index (χ0) is 71.4. The lowest BCUT2D eigenvalue weighted by atomic mass is 9.99. The Kier molecular flexibility index (Phi) is 68.4. The van der Waals surface area contributed by atoms with Gasteiger partial charge in [-0.1, -0.05) is 356 Å². The Morgan fingerprint density at radius 3 is 0.784 bits per heavy atom. The molecule has 576 valence electrons. The number of hydrogen-bond acceptors (Lipinski definition) is 15. The summed E-state index contributed by atoms with van der Waals surface area (Å²) in [6.07, 6.45) is 58.7. The van der Waals surface area contributed by atoms with E-state index >= 15 is 0 Å². The molecular weight excluding hydrogens is 1270 g/mol. The number of phosphoric ester groups is 2. The lowest BCUT2D eigenvalue weighted by Crippen LogP contribution is -2.30. The number of esters is 4. The van der Waals surface area contributed by atoms with E-state index < -0.39 is 97.5 Å². The Labute approximate surface area is 594 Å². The molecule has 0 amide bonds. The van der Waals surface area contributed by atoms with Crippen LogP contribution in [-0.4, -0.2) is 96.7 Å². The van der Waals surface area contributed by atoms with Crippen molar-refractivity contribution in [2.45, 2.75) is 426 Å². The molecule has 0 aliphatic carbocycles. The van der Waals surface area contributed by atoms with Gasteiger partial charge in [-0.25, -0.2) is 9.13 Å². The standard InChI is InChI=1S/C78H152O17P2/c1-7-10-12-14-15-16-17-18-23-27-34-39-44-50-56-62-77(82)94-73(66-88-75(80)60-54-46-13-11-8-2)68-92-96(84,85)90-64-72(79)65-91-97(86,87)93-69-74(67-89-76(81)61-55-49-43-38-33-30-29-31-36-41-47-52-58-70(4)5)95-78(83)63-57-51-45-40-35-28-25-22-20-19-21-24-26-32-37-42-48-53-59-71(6)9-3/h70-74,79H,7-69H2,1-6H3,(H,84,85)(H,86,87)/t71?,72-,73+,74+/m0/s1. The van der Waals surface area contributed by atoms with Gasteiger partial charge in [-0.2, -0.15) is 0 Å². The van der Waals surface area contributed by atoms with Gasteiger partial charge in [0.05, 0.1) is 26.4 Å². The summed E-state index contributed by atoms with van der Waals surface area (Å²) in [6.45, 7) is 9.61. The molecule has 3 unspecified atom stereocenters. The Morgan fingerprint density at radius 2 is 0.526 bits per heavy atom. The summed E-state index contributed by atoms with van der Waals surface area (Å²) in [6, 6.07) is 0. The SMILES string of the molecule is CCCCCCCCCCCCCCCCCC(=O)O[C@H](COC(=O)CCCCCCC)COP(=O)(O)OC[C@H](O)COP(=O)(O)OC[C@@H](COC(=O)CCCCCCCCCCCCCCC(C)C)OC(=O)CCCCCCCCCCCCCCCCCCCCC(C)CC. The molecule has 17 nitrogen and oxygen atoms in total. The summed E-state index contributed by atoms with van der Waals surface area (Å²) < 4.78 is 68.4. The van der Waals surface area contributed by atoms with Gasteiger partial charge in [0.1, 0.15) is 19.3 Å². The molecule has 19 heteroatoms. The highest BCUT2D eigenvalue weighted by Gasteiger charge is 2.30. The van der Waals surface area contributed by atoms with Crippen LogP contribution >= 0.6 is 15.6 Å². The van der Waals surface area contributed by atoms with Gasteiger partial charge in [-0.15, -0.1) is 0 Å². The van der Waals surface area contributed by atoms with Crippen LogP contribution in [0.2, 0.25) is 0 Å². The van der Waals surface area contributed by atoms with Crippen LogP contribution in [0.5, 0.6) is 0 Å². The number of unbranched alkanes of at least 4 members (excludes halogenated alkanes) is 46. The van der Waals surface area contributed by atoms with Crippen LogP contribution in [0.1, 0.15) is 408 Å². The Balaban J connectivity index is 5.11. The van der Waals surface area contributed by atoms with Gasteiger partial charge in [0, 0.05) is 25.7 Å². The maximum Gasteiger partial charge on any atom is 0.472 e. The van der Waals surface area contributed by atoms with Crippen LogP contribution in [0.15, 0.2) is 0 Å². The minimum absolute atomic E-state index is 0.107. The second-order valence-electron chi connectivity index (χ2n) is 28.8. The third-order valence-electron chi connectivity index (χ3n) is 18.6. The molecule has 0 spiro atoms. The van der Waals surface area contributed by atoms with E-state index in [9.17, 15) is 43.2 Å². The number of rotatable bonds is 77. The molecule has 0 saturated carbocycles. The van der Waals surface area contributed by atoms with Crippen LogP contribution < -0.4 is 0 Å². The summed E-state index contributed by atoms with van der Waals surface area (Å²) in [7, 11) is -9.90. The largest absolute Gasteiger partial charge is 0.472 e. The first-order valence-corrected chi connectivity index (χ1v) is 43.5. The average molecular weight is 1420 g/mol. The quantitative estimate of drug-likeness (QED) is 0.0222. The first-order chi connectivity index (χ1) is 46.9. The summed E-state index contributed by atoms with van der Waals surface area (Å²) in [5, 5.41) is 10.6. The number of aliphatic hydroxyl groups excluding tert-OH is 1. The van der Waals surface area contributed by atoms with Crippen molar-refractivity contribution < 1.29 is 80.2 Å². The highest BCUT2D eigenvalue weighted by molar-refractivity contribution is 7.47. The second-order valence-corrected chi connectivity index (χ2v) is 31.7. The lowest BCUT2D eigenvalue weighted by molar-refractivity contribution is -0.161. The molecule has 0 fully saturated rings. The maximum absolute atomic E-state index is 13.1. The van der Waals surface area contributed by atoms with Crippen molar-refractivity contribution in [3.8, 4) is 0 Å². The van der Waals surface area contributed by atoms with Crippen LogP contribution in [0.4, 0.5) is 0 Å². The molecule has 0 aromatic heterocycles. The van der Waals surface area contributed by atoms with E-state index in [2.05, 4.69) is 41.5 Å². The van der Waals surface area contributed by atoms with Gasteiger partial charge in [0.15, 0.2) is 12.2 Å². The van der Waals surface area contributed by atoms with E-state index in [4.69, 9.17) is 37.0 Å². The molecule has 0 heterocycles. The van der Waals surface area contributed by atoms with Crippen molar-refractivity contribution in [2.75, 3.05) is 39.6 Å². The van der Waals surface area contributed by atoms with E-state index in [0.29, 0.717) is 25.7 Å². The highest BCUT2D eigenvalue weighted by Crippen LogP contribution is 2.45. The van der Waals surface area contributed by atoms with Gasteiger partial charge in [0.25, 0.3) is 0 Å². The molecule has 0 saturated heterocycles. The van der Waals surface area contributed by atoms with Gasteiger partial charge in [-0.3, -0.25) is 37.3 Å². The zero-order valence-corrected chi connectivity index (χ0v) is 65.2. The van der Waals surface area contributed by atoms with Crippen molar-refractivity contribution in [2.24, 2.45) is 11.8 Å². The van der Waals surface area contributed by atoms with Gasteiger partial charge < -0.3 is 33.8 Å². The highest BCUT2D eigenvalue weighted by atomic mass is 31.2. The van der Waals surface area contributed by atoms with E-state index in [1.165, 1.54) is 218 Å². The predicted octanol–water partition coefficient (Wildman–Crippen LogP) is 23.1. The minimum atomic E-state index is -4.96. The summed E-state index contributed by atoms with van der Waals surface area (Å²) >= 11 is 0. The van der Waals surface area contributed by atoms with Gasteiger partial charge in [-0.05, 0) is 37.5 Å². The number of phosphoric acid groups is 2. The van der Waals surface area contributed by atoms with E-state index in [1.54, 1.807) is 0 Å². The Hall–Kier alpha value is -1.94. The van der Waals surface area contributed by atoms with E-state index in [-0.39, 0.29) is 25.7 Å². The van der Waals surface area contributed by atoms with Crippen molar-refractivity contribution in [1.82, 2.24) is 0 Å². The molecule has 0 bridgehead atoms. The van der Waals surface area contributed by atoms with Crippen molar-refractivity contribution in [3.05, 3.63) is 0 Å². The topological polar surface area (TPSA) is 237 Å². The fraction of sp³-hybridized carbons (Fsp3) is 0.949. The summed E-state index contributed by atoms with van der Waals surface area (Å²) in [4.78, 5) is 72.6. The van der Waals surface area contributed by atoms with Crippen LogP contribution in [0, 0.1) is 11.8 Å². The number of carbonyl (C=O) groups is 4. The lowest BCUT2D eigenvalue weighted by Gasteiger charge is -2.21. The molecule has 0 rings (SSSR count). The summed E-state index contributed by atoms with van der Waals surface area (Å²) in [5.41, 5.74) is 0. The first-order valence-electron chi connectivity index (χ1n) is 40.5. The fourth-order valence-electron chi connectivity index (χ4n) is 12.0. The maximum atomic E-state index is 13.1. The van der Waals surface area contributed by atoms with Crippen LogP contribution in [-0.2, 0) is 65.4 Å². The van der Waals surface area contributed by atoms with Crippen LogP contribution in [0.25, 0.3) is 0 Å². The number of carbonyl (C=O) groups excluding carboxylic acids is 4. The smallest absolute Gasteiger partial charge is 0.462 e. The molecule has 0 aromatic rings. The molecule has 0 aromatic carbocycles. The number of ether oxygens (including phenoxy) is 4.